The van der Waals surface area contributed by atoms with Crippen molar-refractivity contribution >= 4 is 35.0 Å². The smallest absolute Gasteiger partial charge is 0.337 e. The molecule has 0 saturated carbocycles. The maximum absolute atomic E-state index is 12.2. The van der Waals surface area contributed by atoms with Crippen LogP contribution < -0.4 is 0 Å². The number of carbonyl (C=O) groups excluding carboxylic acids is 3. The van der Waals surface area contributed by atoms with E-state index in [1.807, 2.05) is 0 Å². The lowest BCUT2D eigenvalue weighted by atomic mass is 10.1. The number of ether oxygens (including phenoxy) is 1. The highest BCUT2D eigenvalue weighted by atomic mass is 32.2. The molecular formula is C19H13NO5S. The van der Waals surface area contributed by atoms with E-state index in [0.717, 1.165) is 22.2 Å². The molecule has 7 heteroatoms. The number of methoxy groups -OCH3 is 1. The van der Waals surface area contributed by atoms with E-state index in [1.165, 1.54) is 13.2 Å². The monoisotopic (exact) mass is 367 g/mol. The first-order valence-corrected chi connectivity index (χ1v) is 8.32. The van der Waals surface area contributed by atoms with E-state index in [0.29, 0.717) is 17.1 Å². The Balaban J connectivity index is 1.80. The molecule has 1 aromatic heterocycles. The predicted molar refractivity (Wildman–Crippen MR) is 97.0 cm³/mol. The van der Waals surface area contributed by atoms with Gasteiger partial charge in [-0.05, 0) is 36.0 Å². The van der Waals surface area contributed by atoms with Crippen LogP contribution in [0.25, 0.3) is 17.4 Å². The molecule has 2 heterocycles. The summed E-state index contributed by atoms with van der Waals surface area (Å²) in [5.74, 6) is 2.43. The fourth-order valence-electron chi connectivity index (χ4n) is 2.33. The van der Waals surface area contributed by atoms with Crippen LogP contribution in [0.2, 0.25) is 0 Å². The normalized spacial score (nSPS) is 15.4. The molecule has 26 heavy (non-hydrogen) atoms. The van der Waals surface area contributed by atoms with Crippen molar-refractivity contribution < 1.29 is 23.5 Å². The highest BCUT2D eigenvalue weighted by molar-refractivity contribution is 8.18. The molecule has 1 aliphatic heterocycles. The summed E-state index contributed by atoms with van der Waals surface area (Å²) >= 11 is 0.821. The molecule has 2 amide bonds. The molecule has 1 fully saturated rings. The second kappa shape index (κ2) is 7.33. The van der Waals surface area contributed by atoms with E-state index in [-0.39, 0.29) is 11.4 Å². The molecule has 0 atom stereocenters. The van der Waals surface area contributed by atoms with Gasteiger partial charge in [0.25, 0.3) is 11.1 Å². The Hall–Kier alpha value is -3.24. The molecule has 1 aromatic carbocycles. The van der Waals surface area contributed by atoms with E-state index in [4.69, 9.17) is 10.8 Å². The second-order valence-corrected chi connectivity index (χ2v) is 6.24. The fraction of sp³-hybridized carbons (Fsp3) is 0.105. The number of carbonyl (C=O) groups is 3. The van der Waals surface area contributed by atoms with Crippen molar-refractivity contribution in [3.8, 4) is 23.7 Å². The number of hydrogen-bond acceptors (Lipinski definition) is 6. The molecule has 0 aliphatic carbocycles. The lowest BCUT2D eigenvalue weighted by Crippen LogP contribution is -2.28. The Morgan fingerprint density at radius 2 is 2.00 bits per heavy atom. The van der Waals surface area contributed by atoms with Gasteiger partial charge in [-0.25, -0.2) is 4.79 Å². The second-order valence-electron chi connectivity index (χ2n) is 5.24. The number of imide groups is 1. The van der Waals surface area contributed by atoms with Gasteiger partial charge < -0.3 is 9.15 Å². The molecule has 6 nitrogen and oxygen atoms in total. The molecular weight excluding hydrogens is 354 g/mol. The molecule has 3 rings (SSSR count). The quantitative estimate of drug-likeness (QED) is 0.468. The largest absolute Gasteiger partial charge is 0.465 e. The first-order valence-electron chi connectivity index (χ1n) is 7.51. The maximum atomic E-state index is 12.2. The summed E-state index contributed by atoms with van der Waals surface area (Å²) in [5, 5.41) is -0.399. The summed E-state index contributed by atoms with van der Waals surface area (Å²) < 4.78 is 10.4. The Kier molecular flexibility index (Phi) is 4.96. The van der Waals surface area contributed by atoms with E-state index in [9.17, 15) is 14.4 Å². The van der Waals surface area contributed by atoms with Crippen LogP contribution in [0.5, 0.6) is 0 Å². The van der Waals surface area contributed by atoms with Crippen LogP contribution in [-0.2, 0) is 9.53 Å². The van der Waals surface area contributed by atoms with Gasteiger partial charge in [-0.3, -0.25) is 14.5 Å². The highest BCUT2D eigenvalue weighted by Gasteiger charge is 2.34. The van der Waals surface area contributed by atoms with Gasteiger partial charge in [0, 0.05) is 11.6 Å². The molecule has 0 N–H and O–H groups in total. The van der Waals surface area contributed by atoms with Gasteiger partial charge in [-0.2, -0.15) is 0 Å². The minimum Gasteiger partial charge on any atom is -0.465 e. The van der Waals surface area contributed by atoms with E-state index in [1.54, 1.807) is 36.4 Å². The zero-order chi connectivity index (χ0) is 18.7. The zero-order valence-electron chi connectivity index (χ0n) is 13.7. The number of amides is 2. The van der Waals surface area contributed by atoms with Crippen LogP contribution in [0.15, 0.2) is 45.7 Å². The Bertz CT molecular complexity index is 949. The van der Waals surface area contributed by atoms with E-state index < -0.39 is 17.1 Å². The van der Waals surface area contributed by atoms with Gasteiger partial charge in [-0.15, -0.1) is 6.42 Å². The minimum absolute atomic E-state index is 0.0576. The molecule has 0 spiro atoms. The molecule has 1 aliphatic rings. The van der Waals surface area contributed by atoms with E-state index in [2.05, 4.69) is 10.7 Å². The van der Waals surface area contributed by atoms with Gasteiger partial charge in [-0.1, -0.05) is 18.1 Å². The van der Waals surface area contributed by atoms with Crippen molar-refractivity contribution in [1.29, 1.82) is 0 Å². The number of benzene rings is 1. The highest BCUT2D eigenvalue weighted by Crippen LogP contribution is 2.33. The van der Waals surface area contributed by atoms with E-state index >= 15 is 0 Å². The number of furan rings is 1. The maximum Gasteiger partial charge on any atom is 0.337 e. The summed E-state index contributed by atoms with van der Waals surface area (Å²) in [6, 6.07) is 10.2. The van der Waals surface area contributed by atoms with Crippen molar-refractivity contribution in [1.82, 2.24) is 4.90 Å². The number of hydrogen-bond donors (Lipinski definition) is 0. The predicted octanol–water partition coefficient (Wildman–Crippen LogP) is 3.40. The van der Waals surface area contributed by atoms with Crippen molar-refractivity contribution in [2.24, 2.45) is 0 Å². The van der Waals surface area contributed by atoms with Gasteiger partial charge in [0.2, 0.25) is 0 Å². The van der Waals surface area contributed by atoms with Crippen molar-refractivity contribution in [3.63, 3.8) is 0 Å². The van der Waals surface area contributed by atoms with Crippen LogP contribution in [0, 0.1) is 12.3 Å². The van der Waals surface area contributed by atoms with Crippen molar-refractivity contribution in [2.75, 3.05) is 13.7 Å². The van der Waals surface area contributed by atoms with Crippen molar-refractivity contribution in [2.45, 2.75) is 0 Å². The van der Waals surface area contributed by atoms with Gasteiger partial charge in [0.15, 0.2) is 0 Å². The minimum atomic E-state index is -0.432. The van der Waals surface area contributed by atoms with Crippen LogP contribution in [0.3, 0.4) is 0 Å². The Labute approximate surface area is 153 Å². The molecule has 0 unspecified atom stereocenters. The number of nitrogens with zero attached hydrogens (tertiary/aromatic N) is 1. The first kappa shape index (κ1) is 17.6. The summed E-state index contributed by atoms with van der Waals surface area (Å²) in [6.07, 6.45) is 6.67. The lowest BCUT2D eigenvalue weighted by Gasteiger charge is -2.06. The molecule has 2 aromatic rings. The molecule has 0 bridgehead atoms. The summed E-state index contributed by atoms with van der Waals surface area (Å²) in [4.78, 5) is 36.6. The van der Waals surface area contributed by atoms with Crippen LogP contribution in [-0.4, -0.2) is 35.7 Å². The number of rotatable bonds is 4. The van der Waals surface area contributed by atoms with Gasteiger partial charge in [0.1, 0.15) is 11.5 Å². The molecule has 0 radical (unpaired) electrons. The third-order valence-corrected chi connectivity index (χ3v) is 4.52. The van der Waals surface area contributed by atoms with Gasteiger partial charge in [0.05, 0.1) is 24.1 Å². The lowest BCUT2D eigenvalue weighted by molar-refractivity contribution is -0.122. The zero-order valence-corrected chi connectivity index (χ0v) is 14.5. The Morgan fingerprint density at radius 3 is 2.65 bits per heavy atom. The summed E-state index contributed by atoms with van der Waals surface area (Å²) in [6.45, 7) is -0.0576. The third-order valence-electron chi connectivity index (χ3n) is 3.61. The number of terminal acetylenes is 1. The van der Waals surface area contributed by atoms with Gasteiger partial charge >= 0.3 is 5.97 Å². The average Bonchev–Trinajstić information content (AvgIpc) is 3.22. The molecule has 1 saturated heterocycles. The molecule has 130 valence electrons. The summed E-state index contributed by atoms with van der Waals surface area (Å²) in [5.41, 5.74) is 1.20. The fourth-order valence-corrected chi connectivity index (χ4v) is 3.15. The number of thioether (sulfide) groups is 1. The topological polar surface area (TPSA) is 76.8 Å². The SMILES string of the molecule is C#CCN1C(=O)S/C(=C/c2ccc(-c3ccc(C(=O)OC)cc3)o2)C1=O. The van der Waals surface area contributed by atoms with Crippen LogP contribution >= 0.6 is 11.8 Å². The third kappa shape index (κ3) is 3.41. The van der Waals surface area contributed by atoms with Crippen molar-refractivity contribution in [3.05, 3.63) is 52.6 Å². The van der Waals surface area contributed by atoms with Crippen LogP contribution in [0.1, 0.15) is 16.1 Å². The number of esters is 1. The average molecular weight is 367 g/mol. The first-order chi connectivity index (χ1) is 12.5. The Morgan fingerprint density at radius 1 is 1.27 bits per heavy atom. The standard InChI is InChI=1S/C19H13NO5S/c1-3-10-20-17(21)16(26-19(20)23)11-14-8-9-15(25-14)12-4-6-13(7-5-12)18(22)24-2/h1,4-9,11H,10H2,2H3/b16-11+. The summed E-state index contributed by atoms with van der Waals surface area (Å²) in [7, 11) is 1.32. The van der Waals surface area contributed by atoms with Crippen LogP contribution in [0.4, 0.5) is 4.79 Å².